The third-order valence-electron chi connectivity index (χ3n) is 2.21. The van der Waals surface area contributed by atoms with Gasteiger partial charge in [0.15, 0.2) is 8.32 Å². The Bertz CT molecular complexity index is 193. The molecular weight excluding hydrogens is 202 g/mol. The first kappa shape index (κ1) is 14.7. The predicted octanol–water partition coefficient (Wildman–Crippen LogP) is 4.09. The Morgan fingerprint density at radius 3 is 2.20 bits per heavy atom. The fraction of sp³-hybridized carbons (Fsp3) is 0.917. The molecule has 0 saturated heterocycles. The maximum Gasteiger partial charge on any atom is 0.185 e. The van der Waals surface area contributed by atoms with E-state index in [9.17, 15) is 0 Å². The number of nitrogens with zero attached hydrogens (tertiary/aromatic N) is 1. The fourth-order valence-electron chi connectivity index (χ4n) is 1.51. The summed E-state index contributed by atoms with van der Waals surface area (Å²) in [5.41, 5.74) is 0. The maximum absolute atomic E-state index is 8.94. The van der Waals surface area contributed by atoms with Crippen LogP contribution in [0, 0.1) is 11.3 Å². The lowest BCUT2D eigenvalue weighted by atomic mass is 10.1. The zero-order valence-electron chi connectivity index (χ0n) is 10.7. The van der Waals surface area contributed by atoms with Crippen molar-refractivity contribution in [3.05, 3.63) is 0 Å². The fourth-order valence-corrected chi connectivity index (χ4v) is 2.53. The van der Waals surface area contributed by atoms with Crippen molar-refractivity contribution in [3.8, 4) is 6.07 Å². The van der Waals surface area contributed by atoms with Crippen molar-refractivity contribution in [2.75, 3.05) is 0 Å². The van der Waals surface area contributed by atoms with Crippen LogP contribution in [0.5, 0.6) is 0 Å². The van der Waals surface area contributed by atoms with Gasteiger partial charge in [-0.15, -0.1) is 0 Å². The summed E-state index contributed by atoms with van der Waals surface area (Å²) < 4.78 is 5.77. The summed E-state index contributed by atoms with van der Waals surface area (Å²) in [6, 6.07) is 2.26. The molecule has 0 aliphatic carbocycles. The number of unbranched alkanes of at least 4 members (excludes halogenated alkanes) is 4. The lowest BCUT2D eigenvalue weighted by Gasteiger charge is -2.21. The Morgan fingerprint density at radius 1 is 1.13 bits per heavy atom. The van der Waals surface area contributed by atoms with Gasteiger partial charge in [0.25, 0.3) is 0 Å². The Hall–Kier alpha value is -0.333. The van der Waals surface area contributed by atoms with Crippen LogP contribution >= 0.6 is 0 Å². The van der Waals surface area contributed by atoms with Gasteiger partial charge < -0.3 is 4.43 Å². The normalized spacial score (nSPS) is 13.5. The zero-order chi connectivity index (χ0) is 11.7. The highest BCUT2D eigenvalue weighted by molar-refractivity contribution is 6.69. The lowest BCUT2D eigenvalue weighted by Crippen LogP contribution is -2.31. The van der Waals surface area contributed by atoms with Gasteiger partial charge in [0, 0.05) is 0 Å². The third-order valence-corrected chi connectivity index (χ3v) is 3.20. The highest BCUT2D eigenvalue weighted by Gasteiger charge is 2.20. The van der Waals surface area contributed by atoms with Crippen molar-refractivity contribution in [2.24, 2.45) is 0 Å². The molecule has 0 aliphatic rings. The predicted molar refractivity (Wildman–Crippen MR) is 67.2 cm³/mol. The molecule has 1 unspecified atom stereocenters. The second-order valence-electron chi connectivity index (χ2n) is 5.05. The van der Waals surface area contributed by atoms with Crippen molar-refractivity contribution in [1.29, 1.82) is 5.26 Å². The van der Waals surface area contributed by atoms with Crippen molar-refractivity contribution in [2.45, 2.75) is 71.2 Å². The molecule has 0 bridgehead atoms. The van der Waals surface area contributed by atoms with E-state index in [1.165, 1.54) is 25.7 Å². The quantitative estimate of drug-likeness (QED) is 0.462. The number of hydrogen-bond acceptors (Lipinski definition) is 2. The molecule has 0 aromatic carbocycles. The number of rotatable bonds is 8. The van der Waals surface area contributed by atoms with E-state index in [1.807, 2.05) is 0 Å². The topological polar surface area (TPSA) is 33.0 Å². The van der Waals surface area contributed by atoms with Crippen LogP contribution in [0.25, 0.3) is 0 Å². The van der Waals surface area contributed by atoms with E-state index < -0.39 is 8.32 Å². The molecule has 0 fully saturated rings. The van der Waals surface area contributed by atoms with Gasteiger partial charge >= 0.3 is 0 Å². The largest absolute Gasteiger partial charge is 0.402 e. The highest BCUT2D eigenvalue weighted by Crippen LogP contribution is 2.13. The molecule has 0 radical (unpaired) electrons. The molecule has 0 saturated carbocycles. The average Bonchev–Trinajstić information content (AvgIpc) is 2.14. The van der Waals surface area contributed by atoms with Crippen LogP contribution in [0.15, 0.2) is 0 Å². The molecule has 1 atom stereocenters. The Morgan fingerprint density at radius 2 is 1.73 bits per heavy atom. The first-order chi connectivity index (χ1) is 6.99. The Balaban J connectivity index is 3.59. The van der Waals surface area contributed by atoms with Crippen molar-refractivity contribution < 1.29 is 4.43 Å². The summed E-state index contributed by atoms with van der Waals surface area (Å²) >= 11 is 0. The van der Waals surface area contributed by atoms with E-state index >= 15 is 0 Å². The van der Waals surface area contributed by atoms with E-state index in [4.69, 9.17) is 9.69 Å². The second-order valence-corrected chi connectivity index (χ2v) is 9.51. The molecule has 0 N–H and O–H groups in total. The summed E-state index contributed by atoms with van der Waals surface area (Å²) in [6.45, 7) is 8.61. The highest BCUT2D eigenvalue weighted by atomic mass is 28.4. The molecule has 0 aromatic rings. The molecule has 3 heteroatoms. The van der Waals surface area contributed by atoms with E-state index in [0.717, 1.165) is 12.8 Å². The molecule has 88 valence electrons. The summed E-state index contributed by atoms with van der Waals surface area (Å²) in [7, 11) is -1.54. The van der Waals surface area contributed by atoms with E-state index in [0.29, 0.717) is 0 Å². The smallest absolute Gasteiger partial charge is 0.185 e. The van der Waals surface area contributed by atoms with Crippen LogP contribution in [-0.4, -0.2) is 14.4 Å². The van der Waals surface area contributed by atoms with Crippen molar-refractivity contribution in [3.63, 3.8) is 0 Å². The molecule has 0 aliphatic heterocycles. The third kappa shape index (κ3) is 9.96. The van der Waals surface area contributed by atoms with Gasteiger partial charge in [-0.2, -0.15) is 5.26 Å². The Kier molecular flexibility index (Phi) is 7.72. The molecular formula is C12H25NOSi. The molecule has 0 spiro atoms. The van der Waals surface area contributed by atoms with Crippen molar-refractivity contribution >= 4 is 8.32 Å². The summed E-state index contributed by atoms with van der Waals surface area (Å²) in [4.78, 5) is 0. The molecule has 0 aromatic heterocycles. The van der Waals surface area contributed by atoms with Gasteiger partial charge in [-0.3, -0.25) is 0 Å². The van der Waals surface area contributed by atoms with Crippen LogP contribution in [0.3, 0.4) is 0 Å². The minimum absolute atomic E-state index is 0.168. The average molecular weight is 227 g/mol. The first-order valence-electron chi connectivity index (χ1n) is 6.07. The van der Waals surface area contributed by atoms with Crippen LogP contribution in [0.2, 0.25) is 19.6 Å². The minimum Gasteiger partial charge on any atom is -0.402 e. The van der Waals surface area contributed by atoms with E-state index in [1.54, 1.807) is 0 Å². The van der Waals surface area contributed by atoms with Gasteiger partial charge in [-0.25, -0.2) is 0 Å². The molecule has 0 rings (SSSR count). The zero-order valence-corrected chi connectivity index (χ0v) is 11.7. The van der Waals surface area contributed by atoms with Gasteiger partial charge in [-0.05, 0) is 32.5 Å². The second kappa shape index (κ2) is 7.89. The molecule has 0 heterocycles. The van der Waals surface area contributed by atoms with Gasteiger partial charge in [0.2, 0.25) is 0 Å². The summed E-state index contributed by atoms with van der Waals surface area (Å²) in [6.07, 6.45) is 6.98. The summed E-state index contributed by atoms with van der Waals surface area (Å²) in [5, 5.41) is 8.94. The lowest BCUT2D eigenvalue weighted by molar-refractivity contribution is 0.233. The number of hydrogen-bond donors (Lipinski definition) is 0. The van der Waals surface area contributed by atoms with Crippen LogP contribution in [0.4, 0.5) is 0 Å². The monoisotopic (exact) mass is 227 g/mol. The minimum atomic E-state index is -1.54. The van der Waals surface area contributed by atoms with Gasteiger partial charge in [0.1, 0.15) is 6.10 Å². The van der Waals surface area contributed by atoms with E-state index in [-0.39, 0.29) is 6.10 Å². The van der Waals surface area contributed by atoms with Gasteiger partial charge in [0.05, 0.1) is 6.07 Å². The Labute approximate surface area is 95.8 Å². The maximum atomic E-state index is 8.94. The van der Waals surface area contributed by atoms with Crippen molar-refractivity contribution in [1.82, 2.24) is 0 Å². The first-order valence-corrected chi connectivity index (χ1v) is 9.48. The number of nitriles is 1. The SMILES string of the molecule is CCCCCCCC(C#N)O[Si](C)(C)C. The molecule has 0 amide bonds. The standard InChI is InChI=1S/C12H25NOSi/c1-5-6-7-8-9-10-12(11-13)14-15(2,3)4/h12H,5-10H2,1-4H3. The summed E-state index contributed by atoms with van der Waals surface area (Å²) in [5.74, 6) is 0. The van der Waals surface area contributed by atoms with E-state index in [2.05, 4.69) is 32.6 Å². The van der Waals surface area contributed by atoms with Crippen LogP contribution < -0.4 is 0 Å². The van der Waals surface area contributed by atoms with Crippen LogP contribution in [-0.2, 0) is 4.43 Å². The van der Waals surface area contributed by atoms with Gasteiger partial charge in [-0.1, -0.05) is 32.6 Å². The molecule has 2 nitrogen and oxygen atoms in total. The van der Waals surface area contributed by atoms with Crippen LogP contribution in [0.1, 0.15) is 45.4 Å². The molecule has 15 heavy (non-hydrogen) atoms.